The molecule has 1 heterocycles. The lowest BCUT2D eigenvalue weighted by atomic mass is 10.1. The first-order chi connectivity index (χ1) is 8.22. The number of hydrogen-bond donors (Lipinski definition) is 2. The van der Waals surface area contributed by atoms with E-state index in [1.807, 2.05) is 31.2 Å². The van der Waals surface area contributed by atoms with E-state index in [2.05, 4.69) is 15.5 Å². The van der Waals surface area contributed by atoms with Crippen molar-refractivity contribution in [2.45, 2.75) is 20.3 Å². The molecule has 0 aliphatic carbocycles. The van der Waals surface area contributed by atoms with Gasteiger partial charge < -0.3 is 4.98 Å². The van der Waals surface area contributed by atoms with Crippen LogP contribution in [0.2, 0.25) is 0 Å². The van der Waals surface area contributed by atoms with Crippen LogP contribution in [0.15, 0.2) is 29.4 Å². The summed E-state index contributed by atoms with van der Waals surface area (Å²) in [6.07, 6.45) is 2.12. The number of rotatable bonds is 3. The number of para-hydroxylation sites is 1. The minimum Gasteiger partial charge on any atom is -0.358 e. The highest BCUT2D eigenvalue weighted by Gasteiger charge is 2.04. The molecular formula is C13H15N3O. The number of aryl methyl sites for hydroxylation is 1. The van der Waals surface area contributed by atoms with Crippen molar-refractivity contribution < 1.29 is 4.79 Å². The Morgan fingerprint density at radius 2 is 2.24 bits per heavy atom. The molecule has 0 spiro atoms. The van der Waals surface area contributed by atoms with E-state index in [9.17, 15) is 4.79 Å². The van der Waals surface area contributed by atoms with Gasteiger partial charge in [0.05, 0.1) is 6.21 Å². The van der Waals surface area contributed by atoms with Crippen LogP contribution in [0.4, 0.5) is 0 Å². The average Bonchev–Trinajstić information content (AvgIpc) is 2.66. The molecule has 0 atom stereocenters. The molecule has 1 amide bonds. The van der Waals surface area contributed by atoms with Crippen molar-refractivity contribution in [2.75, 3.05) is 0 Å². The molecule has 0 radical (unpaired) electrons. The van der Waals surface area contributed by atoms with Crippen molar-refractivity contribution in [3.05, 3.63) is 35.5 Å². The van der Waals surface area contributed by atoms with Gasteiger partial charge >= 0.3 is 0 Å². The number of hydrogen-bond acceptors (Lipinski definition) is 2. The molecule has 4 heteroatoms. The summed E-state index contributed by atoms with van der Waals surface area (Å²) in [7, 11) is 0. The van der Waals surface area contributed by atoms with E-state index >= 15 is 0 Å². The number of fused-ring (bicyclic) bond motifs is 1. The summed E-state index contributed by atoms with van der Waals surface area (Å²) in [5.74, 6) is -0.0845. The summed E-state index contributed by atoms with van der Waals surface area (Å²) in [6, 6.07) is 8.02. The van der Waals surface area contributed by atoms with Crippen molar-refractivity contribution in [2.24, 2.45) is 5.10 Å². The number of aromatic nitrogens is 1. The fourth-order valence-corrected chi connectivity index (χ4v) is 1.71. The lowest BCUT2D eigenvalue weighted by Gasteiger charge is -1.95. The molecule has 0 unspecified atom stereocenters. The Hall–Kier alpha value is -2.10. The number of aromatic amines is 1. The van der Waals surface area contributed by atoms with E-state index < -0.39 is 0 Å². The second kappa shape index (κ2) is 4.82. The number of benzene rings is 1. The molecule has 2 aromatic rings. The molecular weight excluding hydrogens is 214 g/mol. The molecule has 0 saturated heterocycles. The molecule has 1 aromatic heterocycles. The molecule has 2 N–H and O–H groups in total. The van der Waals surface area contributed by atoms with Crippen LogP contribution in [0, 0.1) is 6.92 Å². The minimum absolute atomic E-state index is 0.0845. The fraction of sp³-hybridized carbons (Fsp3) is 0.231. The van der Waals surface area contributed by atoms with E-state index in [0.29, 0.717) is 6.42 Å². The molecule has 88 valence electrons. The number of carbonyl (C=O) groups excluding carboxylic acids is 1. The molecule has 0 saturated carbocycles. The standard InChI is InChI=1S/C13H15N3O/c1-3-13(17)16-14-8-11-9(2)15-12-7-5-4-6-10(11)12/h4-8,15H,3H2,1-2H3,(H,16,17). The molecule has 1 aromatic carbocycles. The number of amides is 1. The quantitative estimate of drug-likeness (QED) is 0.616. The van der Waals surface area contributed by atoms with Gasteiger partial charge in [0.15, 0.2) is 0 Å². The minimum atomic E-state index is -0.0845. The molecule has 4 nitrogen and oxygen atoms in total. The Morgan fingerprint density at radius 3 is 3.00 bits per heavy atom. The van der Waals surface area contributed by atoms with Crippen LogP contribution < -0.4 is 5.43 Å². The van der Waals surface area contributed by atoms with E-state index in [1.54, 1.807) is 13.1 Å². The monoisotopic (exact) mass is 229 g/mol. The van der Waals surface area contributed by atoms with Crippen LogP contribution in [0.5, 0.6) is 0 Å². The highest BCUT2D eigenvalue weighted by molar-refractivity contribution is 6.00. The van der Waals surface area contributed by atoms with Gasteiger partial charge in [0.25, 0.3) is 0 Å². The first kappa shape index (κ1) is 11.4. The van der Waals surface area contributed by atoms with Gasteiger partial charge in [-0.25, -0.2) is 5.43 Å². The number of hydrazone groups is 1. The normalized spacial score (nSPS) is 11.2. The molecule has 0 fully saturated rings. The van der Waals surface area contributed by atoms with Gasteiger partial charge in [-0.2, -0.15) is 5.10 Å². The van der Waals surface area contributed by atoms with Gasteiger partial charge in [0.1, 0.15) is 0 Å². The Bertz CT molecular complexity index is 569. The molecule has 17 heavy (non-hydrogen) atoms. The number of carbonyl (C=O) groups is 1. The SMILES string of the molecule is CCC(=O)NN=Cc1c(C)[nH]c2ccccc12. The second-order valence-corrected chi connectivity index (χ2v) is 3.86. The summed E-state index contributed by atoms with van der Waals surface area (Å²) in [4.78, 5) is 14.3. The highest BCUT2D eigenvalue weighted by atomic mass is 16.2. The Labute approximate surface area is 99.7 Å². The predicted molar refractivity (Wildman–Crippen MR) is 69.1 cm³/mol. The lowest BCUT2D eigenvalue weighted by molar-refractivity contribution is -0.120. The largest absolute Gasteiger partial charge is 0.358 e. The van der Waals surface area contributed by atoms with Crippen LogP contribution >= 0.6 is 0 Å². The number of nitrogens with zero attached hydrogens (tertiary/aromatic N) is 1. The van der Waals surface area contributed by atoms with Crippen molar-refractivity contribution in [3.63, 3.8) is 0 Å². The maximum absolute atomic E-state index is 11.1. The van der Waals surface area contributed by atoms with Gasteiger partial charge in [-0.1, -0.05) is 25.1 Å². The smallest absolute Gasteiger partial charge is 0.239 e. The van der Waals surface area contributed by atoms with Crippen molar-refractivity contribution in [3.8, 4) is 0 Å². The summed E-state index contributed by atoms with van der Waals surface area (Å²) in [6.45, 7) is 3.78. The topological polar surface area (TPSA) is 57.2 Å². The predicted octanol–water partition coefficient (Wildman–Crippen LogP) is 2.34. The van der Waals surface area contributed by atoms with Crippen LogP contribution in [0.25, 0.3) is 10.9 Å². The number of nitrogens with one attached hydrogen (secondary N) is 2. The summed E-state index contributed by atoms with van der Waals surface area (Å²) < 4.78 is 0. The first-order valence-corrected chi connectivity index (χ1v) is 5.61. The average molecular weight is 229 g/mol. The zero-order valence-corrected chi connectivity index (χ0v) is 9.95. The molecule has 2 rings (SSSR count). The van der Waals surface area contributed by atoms with Gasteiger partial charge in [-0.3, -0.25) is 4.79 Å². The molecule has 0 aliphatic heterocycles. The molecule has 0 bridgehead atoms. The van der Waals surface area contributed by atoms with Crippen molar-refractivity contribution in [1.82, 2.24) is 10.4 Å². The molecule has 0 aliphatic rings. The summed E-state index contributed by atoms with van der Waals surface area (Å²) in [5, 5.41) is 5.06. The van der Waals surface area contributed by atoms with Crippen LogP contribution in [-0.2, 0) is 4.79 Å². The van der Waals surface area contributed by atoms with Crippen molar-refractivity contribution in [1.29, 1.82) is 0 Å². The van der Waals surface area contributed by atoms with E-state index in [1.165, 1.54) is 0 Å². The third kappa shape index (κ3) is 2.36. The maximum atomic E-state index is 11.1. The summed E-state index contributed by atoms with van der Waals surface area (Å²) >= 11 is 0. The van der Waals surface area contributed by atoms with Gasteiger partial charge in [0.2, 0.25) is 5.91 Å². The third-order valence-corrected chi connectivity index (χ3v) is 2.65. The van der Waals surface area contributed by atoms with E-state index in [0.717, 1.165) is 22.2 Å². The fourth-order valence-electron chi connectivity index (χ4n) is 1.71. The summed E-state index contributed by atoms with van der Waals surface area (Å²) in [5.41, 5.74) is 5.61. The van der Waals surface area contributed by atoms with Crippen LogP contribution in [-0.4, -0.2) is 17.1 Å². The second-order valence-electron chi connectivity index (χ2n) is 3.86. The zero-order chi connectivity index (χ0) is 12.3. The Morgan fingerprint density at radius 1 is 1.47 bits per heavy atom. The Kier molecular flexibility index (Phi) is 3.23. The van der Waals surface area contributed by atoms with Gasteiger partial charge in [0, 0.05) is 28.6 Å². The maximum Gasteiger partial charge on any atom is 0.239 e. The third-order valence-electron chi connectivity index (χ3n) is 2.65. The van der Waals surface area contributed by atoms with Gasteiger partial charge in [-0.15, -0.1) is 0 Å². The Balaban J connectivity index is 2.29. The highest BCUT2D eigenvalue weighted by Crippen LogP contribution is 2.19. The van der Waals surface area contributed by atoms with E-state index in [4.69, 9.17) is 0 Å². The van der Waals surface area contributed by atoms with Crippen LogP contribution in [0.1, 0.15) is 24.6 Å². The lowest BCUT2D eigenvalue weighted by Crippen LogP contribution is -2.15. The van der Waals surface area contributed by atoms with Crippen LogP contribution in [0.3, 0.4) is 0 Å². The number of H-pyrrole nitrogens is 1. The van der Waals surface area contributed by atoms with Gasteiger partial charge in [-0.05, 0) is 13.0 Å². The first-order valence-electron chi connectivity index (χ1n) is 5.61. The van der Waals surface area contributed by atoms with E-state index in [-0.39, 0.29) is 5.91 Å². The zero-order valence-electron chi connectivity index (χ0n) is 9.95. The van der Waals surface area contributed by atoms with Crippen molar-refractivity contribution >= 4 is 23.0 Å².